The van der Waals surface area contributed by atoms with Crippen LogP contribution in [-0.4, -0.2) is 37.2 Å². The van der Waals surface area contributed by atoms with Gasteiger partial charge in [0.2, 0.25) is 0 Å². The molecule has 26 heavy (non-hydrogen) atoms. The lowest BCUT2D eigenvalue weighted by Crippen LogP contribution is -2.55. The van der Waals surface area contributed by atoms with E-state index in [2.05, 4.69) is 0 Å². The molecule has 3 rings (SSSR count). The first-order valence-electron chi connectivity index (χ1n) is 8.09. The Morgan fingerprint density at radius 1 is 1.12 bits per heavy atom. The average molecular weight is 365 g/mol. The van der Waals surface area contributed by atoms with E-state index in [0.29, 0.717) is 18.1 Å². The Morgan fingerprint density at radius 2 is 1.81 bits per heavy atom. The van der Waals surface area contributed by atoms with Crippen LogP contribution in [0.2, 0.25) is 0 Å². The Morgan fingerprint density at radius 3 is 2.42 bits per heavy atom. The van der Waals surface area contributed by atoms with Gasteiger partial charge in [0.1, 0.15) is 6.61 Å². The van der Waals surface area contributed by atoms with Crippen LogP contribution >= 0.6 is 0 Å². The largest absolute Gasteiger partial charge is 0.493 e. The molecule has 4 nitrogen and oxygen atoms in total. The number of nitrogens with zero attached hydrogens (tertiary/aromatic N) is 1. The number of alkyl halides is 3. The summed E-state index contributed by atoms with van der Waals surface area (Å²) in [5.41, 5.74) is 1.25. The highest BCUT2D eigenvalue weighted by Gasteiger charge is 2.48. The maximum Gasteiger partial charge on any atom is 0.395 e. The van der Waals surface area contributed by atoms with Crippen molar-refractivity contribution in [1.29, 1.82) is 0 Å². The van der Waals surface area contributed by atoms with Crippen LogP contribution in [0.25, 0.3) is 0 Å². The van der Waals surface area contributed by atoms with Crippen molar-refractivity contribution in [1.82, 2.24) is 4.90 Å². The van der Waals surface area contributed by atoms with Crippen molar-refractivity contribution in [3.63, 3.8) is 0 Å². The Labute approximate surface area is 149 Å². The van der Waals surface area contributed by atoms with Gasteiger partial charge in [-0.3, -0.25) is 4.79 Å². The predicted octanol–water partition coefficient (Wildman–Crippen LogP) is 3.91. The van der Waals surface area contributed by atoms with Gasteiger partial charge in [0.25, 0.3) is 5.91 Å². The summed E-state index contributed by atoms with van der Waals surface area (Å²) in [4.78, 5) is 13.5. The number of amides is 1. The lowest BCUT2D eigenvalue weighted by Gasteiger charge is -2.40. The molecule has 0 unspecified atom stereocenters. The molecule has 0 aromatic heterocycles. The quantitative estimate of drug-likeness (QED) is 0.807. The molecule has 0 bridgehead atoms. The number of ether oxygens (including phenoxy) is 2. The molecule has 2 aromatic carbocycles. The van der Waals surface area contributed by atoms with Gasteiger partial charge in [-0.25, -0.2) is 0 Å². The summed E-state index contributed by atoms with van der Waals surface area (Å²) in [6.45, 7) is -0.280. The highest BCUT2D eigenvalue weighted by Crippen LogP contribution is 2.35. The minimum Gasteiger partial charge on any atom is -0.493 e. The third-order valence-corrected chi connectivity index (χ3v) is 4.28. The van der Waals surface area contributed by atoms with Gasteiger partial charge in [-0.05, 0) is 23.8 Å². The fourth-order valence-electron chi connectivity index (χ4n) is 2.69. The van der Waals surface area contributed by atoms with Gasteiger partial charge in [-0.2, -0.15) is 13.2 Å². The zero-order valence-corrected chi connectivity index (χ0v) is 14.1. The topological polar surface area (TPSA) is 38.8 Å². The molecule has 1 aliphatic rings. The summed E-state index contributed by atoms with van der Waals surface area (Å²) >= 11 is 0. The van der Waals surface area contributed by atoms with E-state index in [1.165, 1.54) is 24.1 Å². The molecule has 0 radical (unpaired) electrons. The second-order valence-electron chi connectivity index (χ2n) is 6.09. The van der Waals surface area contributed by atoms with E-state index in [9.17, 15) is 18.0 Å². The van der Waals surface area contributed by atoms with Gasteiger partial charge in [0, 0.05) is 18.7 Å². The third kappa shape index (κ3) is 3.92. The molecular formula is C19H18F3NO3. The minimum atomic E-state index is -4.26. The number of rotatable bonds is 5. The Bertz CT molecular complexity index is 771. The highest BCUT2D eigenvalue weighted by atomic mass is 19.4. The van der Waals surface area contributed by atoms with E-state index in [1.54, 1.807) is 6.07 Å². The Balaban J connectivity index is 1.66. The van der Waals surface area contributed by atoms with Crippen molar-refractivity contribution < 1.29 is 27.4 Å². The predicted molar refractivity (Wildman–Crippen MR) is 89.2 cm³/mol. The standard InChI is InChI=1S/C19H18F3NO3/c1-25-17-9-14(18(24)23-10-15(11-23)19(20,21)22)7-8-16(17)26-12-13-5-3-2-4-6-13/h2-9,15H,10-12H2,1H3. The Hall–Kier alpha value is -2.70. The second-order valence-corrected chi connectivity index (χ2v) is 6.09. The summed E-state index contributed by atoms with van der Waals surface area (Å²) in [5, 5.41) is 0. The smallest absolute Gasteiger partial charge is 0.395 e. The average Bonchev–Trinajstić information content (AvgIpc) is 2.58. The number of likely N-dealkylation sites (tertiary alicyclic amines) is 1. The van der Waals surface area contributed by atoms with E-state index in [4.69, 9.17) is 9.47 Å². The van der Waals surface area contributed by atoms with E-state index >= 15 is 0 Å². The number of hydrogen-bond donors (Lipinski definition) is 0. The van der Waals surface area contributed by atoms with Crippen LogP contribution < -0.4 is 9.47 Å². The van der Waals surface area contributed by atoms with Crippen LogP contribution in [-0.2, 0) is 6.61 Å². The van der Waals surface area contributed by atoms with Gasteiger partial charge in [0.05, 0.1) is 13.0 Å². The van der Waals surface area contributed by atoms with Crippen LogP contribution in [0, 0.1) is 5.92 Å². The first-order chi connectivity index (χ1) is 12.4. The van der Waals surface area contributed by atoms with Crippen molar-refractivity contribution in [2.75, 3.05) is 20.2 Å². The van der Waals surface area contributed by atoms with Crippen molar-refractivity contribution >= 4 is 5.91 Å². The molecule has 2 aromatic rings. The molecule has 1 fully saturated rings. The maximum absolute atomic E-state index is 12.6. The summed E-state index contributed by atoms with van der Waals surface area (Å²) in [6, 6.07) is 14.2. The zero-order valence-electron chi connectivity index (χ0n) is 14.1. The van der Waals surface area contributed by atoms with Crippen molar-refractivity contribution in [2.24, 2.45) is 5.92 Å². The molecular weight excluding hydrogens is 347 g/mol. The molecule has 7 heteroatoms. The van der Waals surface area contributed by atoms with Crippen molar-refractivity contribution in [3.8, 4) is 11.5 Å². The lowest BCUT2D eigenvalue weighted by molar-refractivity contribution is -0.202. The molecule has 0 aliphatic carbocycles. The lowest BCUT2D eigenvalue weighted by atomic mass is 9.98. The third-order valence-electron chi connectivity index (χ3n) is 4.28. The molecule has 0 spiro atoms. The molecule has 138 valence electrons. The molecule has 1 aliphatic heterocycles. The summed E-state index contributed by atoms with van der Waals surface area (Å²) in [6.07, 6.45) is -4.26. The minimum absolute atomic E-state index is 0.273. The molecule has 1 heterocycles. The Kier molecular flexibility index (Phi) is 5.06. The number of halogens is 3. The van der Waals surface area contributed by atoms with Gasteiger partial charge < -0.3 is 14.4 Å². The normalized spacial score (nSPS) is 14.7. The first-order valence-corrected chi connectivity index (χ1v) is 8.09. The monoisotopic (exact) mass is 365 g/mol. The maximum atomic E-state index is 12.6. The summed E-state index contributed by atoms with van der Waals surface area (Å²) in [5.74, 6) is -1.07. The van der Waals surface area contributed by atoms with Crippen molar-refractivity contribution in [2.45, 2.75) is 12.8 Å². The molecule has 0 atom stereocenters. The van der Waals surface area contributed by atoms with E-state index < -0.39 is 18.0 Å². The van der Waals surface area contributed by atoms with Gasteiger partial charge in [0.15, 0.2) is 11.5 Å². The molecule has 0 N–H and O–H groups in total. The molecule has 1 amide bonds. The van der Waals surface area contributed by atoms with Gasteiger partial charge in [-0.1, -0.05) is 30.3 Å². The van der Waals surface area contributed by atoms with Crippen LogP contribution in [0.1, 0.15) is 15.9 Å². The van der Waals surface area contributed by atoms with E-state index in [1.807, 2.05) is 30.3 Å². The highest BCUT2D eigenvalue weighted by molar-refractivity contribution is 5.95. The van der Waals surface area contributed by atoms with Gasteiger partial charge in [-0.15, -0.1) is 0 Å². The van der Waals surface area contributed by atoms with Crippen LogP contribution in [0.4, 0.5) is 13.2 Å². The fourth-order valence-corrected chi connectivity index (χ4v) is 2.69. The fraction of sp³-hybridized carbons (Fsp3) is 0.316. The molecule has 0 saturated carbocycles. The SMILES string of the molecule is COc1cc(C(=O)N2CC(C(F)(F)F)C2)ccc1OCc1ccccc1. The van der Waals surface area contributed by atoms with E-state index in [0.717, 1.165) is 5.56 Å². The number of benzene rings is 2. The first kappa shape index (κ1) is 18.1. The van der Waals surface area contributed by atoms with Crippen LogP contribution in [0.15, 0.2) is 48.5 Å². The summed E-state index contributed by atoms with van der Waals surface area (Å²) in [7, 11) is 1.45. The molecule has 1 saturated heterocycles. The number of carbonyl (C=O) groups is 1. The van der Waals surface area contributed by atoms with Crippen LogP contribution in [0.3, 0.4) is 0 Å². The zero-order chi connectivity index (χ0) is 18.7. The van der Waals surface area contributed by atoms with Gasteiger partial charge >= 0.3 is 6.18 Å². The summed E-state index contributed by atoms with van der Waals surface area (Å²) < 4.78 is 48.7. The number of carbonyl (C=O) groups excluding carboxylic acids is 1. The van der Waals surface area contributed by atoms with Crippen molar-refractivity contribution in [3.05, 3.63) is 59.7 Å². The number of methoxy groups -OCH3 is 1. The second kappa shape index (κ2) is 7.27. The van der Waals surface area contributed by atoms with E-state index in [-0.39, 0.29) is 18.7 Å². The van der Waals surface area contributed by atoms with Crippen LogP contribution in [0.5, 0.6) is 11.5 Å². The number of hydrogen-bond acceptors (Lipinski definition) is 3.